The van der Waals surface area contributed by atoms with Crippen molar-refractivity contribution in [3.05, 3.63) is 29.8 Å². The Labute approximate surface area is 120 Å². The first-order chi connectivity index (χ1) is 9.47. The molecule has 4 nitrogen and oxygen atoms in total. The Balaban J connectivity index is 2.27. The van der Waals surface area contributed by atoms with Crippen LogP contribution < -0.4 is 4.90 Å². The van der Waals surface area contributed by atoms with Gasteiger partial charge in [-0.05, 0) is 45.2 Å². The van der Waals surface area contributed by atoms with E-state index in [1.165, 1.54) is 0 Å². The van der Waals surface area contributed by atoms with E-state index >= 15 is 0 Å². The molecule has 1 aromatic carbocycles. The number of piperazine rings is 1. The second-order valence-corrected chi connectivity index (χ2v) is 6.01. The molecule has 0 aliphatic carbocycles. The number of likely N-dealkylation sites (N-methyl/N-ethyl adjacent to an activating group) is 1. The highest BCUT2D eigenvalue weighted by molar-refractivity contribution is 5.52. The minimum atomic E-state index is 0.00880. The van der Waals surface area contributed by atoms with Crippen molar-refractivity contribution in [2.45, 2.75) is 31.8 Å². The fraction of sp³-hybridized carbons (Fsp3) is 0.500. The number of nitriles is 2. The number of anilines is 1. The van der Waals surface area contributed by atoms with Gasteiger partial charge < -0.3 is 4.90 Å². The maximum Gasteiger partial charge on any atom is 0.0991 e. The molecule has 1 heterocycles. The fourth-order valence-corrected chi connectivity index (χ4v) is 2.92. The molecular weight excluding hydrogens is 248 g/mol. The van der Waals surface area contributed by atoms with Crippen LogP contribution in [0.5, 0.6) is 0 Å². The van der Waals surface area contributed by atoms with Gasteiger partial charge in [0.25, 0.3) is 0 Å². The summed E-state index contributed by atoms with van der Waals surface area (Å²) in [5, 5.41) is 17.8. The van der Waals surface area contributed by atoms with Crippen LogP contribution in [0.3, 0.4) is 0 Å². The first-order valence-electron chi connectivity index (χ1n) is 6.83. The molecular formula is C16H20N4. The molecule has 0 radical (unpaired) electrons. The molecule has 0 aromatic heterocycles. The van der Waals surface area contributed by atoms with Gasteiger partial charge in [0.2, 0.25) is 0 Å². The van der Waals surface area contributed by atoms with E-state index in [0.29, 0.717) is 12.0 Å². The van der Waals surface area contributed by atoms with Crippen molar-refractivity contribution in [1.29, 1.82) is 10.5 Å². The van der Waals surface area contributed by atoms with Gasteiger partial charge in [0, 0.05) is 30.4 Å². The van der Waals surface area contributed by atoms with E-state index in [0.717, 1.165) is 18.8 Å². The number of benzene rings is 1. The molecule has 0 amide bonds. The topological polar surface area (TPSA) is 54.1 Å². The van der Waals surface area contributed by atoms with Crippen molar-refractivity contribution in [1.82, 2.24) is 4.90 Å². The molecule has 1 aromatic rings. The van der Waals surface area contributed by atoms with Crippen molar-refractivity contribution < 1.29 is 0 Å². The van der Waals surface area contributed by atoms with E-state index in [4.69, 9.17) is 10.5 Å². The van der Waals surface area contributed by atoms with Gasteiger partial charge in [-0.2, -0.15) is 10.5 Å². The van der Waals surface area contributed by atoms with Crippen molar-refractivity contribution >= 4 is 5.69 Å². The molecule has 1 aliphatic heterocycles. The van der Waals surface area contributed by atoms with E-state index in [1.807, 2.05) is 24.3 Å². The van der Waals surface area contributed by atoms with Crippen LogP contribution in [0.1, 0.15) is 25.8 Å². The van der Waals surface area contributed by atoms with Crippen LogP contribution in [0.25, 0.3) is 0 Å². The molecule has 1 saturated heterocycles. The van der Waals surface area contributed by atoms with E-state index in [2.05, 4.69) is 42.8 Å². The van der Waals surface area contributed by atoms with Gasteiger partial charge >= 0.3 is 0 Å². The van der Waals surface area contributed by atoms with Crippen molar-refractivity contribution in [3.8, 4) is 12.1 Å². The molecule has 1 atom stereocenters. The summed E-state index contributed by atoms with van der Waals surface area (Å²) in [4.78, 5) is 4.61. The van der Waals surface area contributed by atoms with Crippen LogP contribution in [0, 0.1) is 22.7 Å². The first kappa shape index (κ1) is 14.4. The maximum absolute atomic E-state index is 8.96. The van der Waals surface area contributed by atoms with Gasteiger partial charge in [0.05, 0.1) is 24.1 Å². The van der Waals surface area contributed by atoms with Gasteiger partial charge in [-0.25, -0.2) is 0 Å². The van der Waals surface area contributed by atoms with Crippen LogP contribution in [0.2, 0.25) is 0 Å². The van der Waals surface area contributed by atoms with Gasteiger partial charge in [-0.15, -0.1) is 0 Å². The van der Waals surface area contributed by atoms with Crippen LogP contribution in [-0.4, -0.2) is 36.6 Å². The maximum atomic E-state index is 8.96. The summed E-state index contributed by atoms with van der Waals surface area (Å²) in [6, 6.07) is 12.4. The van der Waals surface area contributed by atoms with E-state index in [-0.39, 0.29) is 11.6 Å². The molecule has 4 heteroatoms. The Morgan fingerprint density at radius 3 is 2.45 bits per heavy atom. The zero-order chi connectivity index (χ0) is 14.8. The number of nitrogens with zero attached hydrogens (tertiary/aromatic N) is 4. The molecule has 0 bridgehead atoms. The van der Waals surface area contributed by atoms with Gasteiger partial charge in [-0.1, -0.05) is 0 Å². The zero-order valence-corrected chi connectivity index (χ0v) is 12.3. The summed E-state index contributed by atoms with van der Waals surface area (Å²) in [7, 11) is 2.08. The lowest BCUT2D eigenvalue weighted by Gasteiger charge is -2.51. The van der Waals surface area contributed by atoms with E-state index in [1.54, 1.807) is 0 Å². The summed E-state index contributed by atoms with van der Waals surface area (Å²) >= 11 is 0. The van der Waals surface area contributed by atoms with E-state index in [9.17, 15) is 0 Å². The average molecular weight is 268 g/mol. The molecule has 0 saturated carbocycles. The van der Waals surface area contributed by atoms with Gasteiger partial charge in [0.1, 0.15) is 0 Å². The minimum absolute atomic E-state index is 0.00880. The molecule has 20 heavy (non-hydrogen) atoms. The second kappa shape index (κ2) is 5.53. The highest BCUT2D eigenvalue weighted by Gasteiger charge is 2.37. The van der Waals surface area contributed by atoms with Crippen LogP contribution in [0.15, 0.2) is 24.3 Å². The molecule has 0 spiro atoms. The van der Waals surface area contributed by atoms with Crippen LogP contribution in [0.4, 0.5) is 5.69 Å². The highest BCUT2D eigenvalue weighted by Crippen LogP contribution is 2.30. The zero-order valence-electron chi connectivity index (χ0n) is 12.3. The summed E-state index contributed by atoms with van der Waals surface area (Å²) < 4.78 is 0. The predicted octanol–water partition coefficient (Wildman–Crippen LogP) is 2.37. The van der Waals surface area contributed by atoms with Crippen molar-refractivity contribution in [2.24, 2.45) is 0 Å². The second-order valence-electron chi connectivity index (χ2n) is 6.01. The predicted molar refractivity (Wildman–Crippen MR) is 79.2 cm³/mol. The Bertz CT molecular complexity index is 547. The summed E-state index contributed by atoms with van der Waals surface area (Å²) in [6.45, 7) is 6.18. The number of rotatable bonds is 2. The SMILES string of the molecule is CN1CC(C)(C)N(c2ccc(C#N)cc2)CC1CC#N. The minimum Gasteiger partial charge on any atom is -0.364 e. The molecule has 104 valence electrons. The third-order valence-electron chi connectivity index (χ3n) is 4.02. The van der Waals surface area contributed by atoms with Crippen LogP contribution >= 0.6 is 0 Å². The lowest BCUT2D eigenvalue weighted by atomic mass is 9.94. The lowest BCUT2D eigenvalue weighted by molar-refractivity contribution is 0.153. The first-order valence-corrected chi connectivity index (χ1v) is 6.83. The van der Waals surface area contributed by atoms with Crippen LogP contribution in [-0.2, 0) is 0 Å². The Kier molecular flexibility index (Phi) is 3.97. The average Bonchev–Trinajstić information content (AvgIpc) is 2.41. The lowest BCUT2D eigenvalue weighted by Crippen LogP contribution is -2.62. The molecule has 1 unspecified atom stereocenters. The monoisotopic (exact) mass is 268 g/mol. The Morgan fingerprint density at radius 2 is 1.90 bits per heavy atom. The smallest absolute Gasteiger partial charge is 0.0991 e. The fourth-order valence-electron chi connectivity index (χ4n) is 2.92. The summed E-state index contributed by atoms with van der Waals surface area (Å²) in [5.41, 5.74) is 1.80. The highest BCUT2D eigenvalue weighted by atomic mass is 15.3. The van der Waals surface area contributed by atoms with Gasteiger partial charge in [-0.3, -0.25) is 4.90 Å². The third kappa shape index (κ3) is 2.76. The quantitative estimate of drug-likeness (QED) is 0.826. The largest absolute Gasteiger partial charge is 0.364 e. The van der Waals surface area contributed by atoms with Crippen molar-refractivity contribution in [3.63, 3.8) is 0 Å². The molecule has 1 aliphatic rings. The number of hydrogen-bond acceptors (Lipinski definition) is 4. The summed E-state index contributed by atoms with van der Waals surface area (Å²) in [6.07, 6.45) is 0.541. The normalized spacial score (nSPS) is 22.1. The van der Waals surface area contributed by atoms with Crippen molar-refractivity contribution in [2.75, 3.05) is 25.0 Å². The number of hydrogen-bond donors (Lipinski definition) is 0. The summed E-state index contributed by atoms with van der Waals surface area (Å²) in [5.74, 6) is 0. The molecule has 0 N–H and O–H groups in total. The Morgan fingerprint density at radius 1 is 1.25 bits per heavy atom. The van der Waals surface area contributed by atoms with E-state index < -0.39 is 0 Å². The Hall–Kier alpha value is -2.04. The molecule has 2 rings (SSSR count). The van der Waals surface area contributed by atoms with Gasteiger partial charge in [0.15, 0.2) is 0 Å². The standard InChI is InChI=1S/C16H20N4/c1-16(2)12-19(3)15(8-9-17)11-20(16)14-6-4-13(10-18)5-7-14/h4-7,15H,8,11-12H2,1-3H3. The third-order valence-corrected chi connectivity index (χ3v) is 4.02. The molecule has 1 fully saturated rings.